The minimum atomic E-state index is 0.0145. The van der Waals surface area contributed by atoms with E-state index in [9.17, 15) is 4.79 Å². The first-order valence-corrected chi connectivity index (χ1v) is 9.21. The fraction of sp³-hybridized carbons (Fsp3) is 0.500. The largest absolute Gasteiger partial charge is 0.351 e. The lowest BCUT2D eigenvalue weighted by atomic mass is 10.0. The molecule has 0 spiro atoms. The maximum atomic E-state index is 12.4. The van der Waals surface area contributed by atoms with Crippen LogP contribution in [-0.2, 0) is 17.8 Å². The molecule has 1 heterocycles. The van der Waals surface area contributed by atoms with E-state index in [4.69, 9.17) is 0 Å². The van der Waals surface area contributed by atoms with E-state index >= 15 is 0 Å². The Balaban J connectivity index is 1.90. The van der Waals surface area contributed by atoms with Crippen LogP contribution in [0.5, 0.6) is 0 Å². The molecule has 1 amide bonds. The molecule has 1 unspecified atom stereocenters. The molecule has 1 aromatic heterocycles. The molecule has 0 aliphatic rings. The van der Waals surface area contributed by atoms with Gasteiger partial charge in [0.15, 0.2) is 0 Å². The van der Waals surface area contributed by atoms with Crippen LogP contribution in [0.25, 0.3) is 0 Å². The second-order valence-electron chi connectivity index (χ2n) is 6.49. The molecule has 0 saturated carbocycles. The van der Waals surface area contributed by atoms with Crippen LogP contribution in [0.3, 0.4) is 0 Å². The van der Waals surface area contributed by atoms with Crippen LogP contribution in [0.1, 0.15) is 33.3 Å². The SMILES string of the molecule is CC(C)Sc1ccc(CC(=O)NC(Cn2nccn2)C(C)C)cc1. The third kappa shape index (κ3) is 6.00. The van der Waals surface area contributed by atoms with Crippen molar-refractivity contribution < 1.29 is 4.79 Å². The monoisotopic (exact) mass is 346 g/mol. The molecule has 1 atom stereocenters. The Morgan fingerprint density at radius 3 is 2.29 bits per heavy atom. The standard InChI is InChI=1S/C18H26N4OS/c1-13(2)17(12-22-19-9-10-20-22)21-18(23)11-15-5-7-16(8-6-15)24-14(3)4/h5-10,13-14,17H,11-12H2,1-4H3,(H,21,23). The number of thioether (sulfide) groups is 1. The predicted molar refractivity (Wildman–Crippen MR) is 97.9 cm³/mol. The molecule has 130 valence electrons. The Kier molecular flexibility index (Phi) is 6.85. The lowest BCUT2D eigenvalue weighted by Crippen LogP contribution is -2.42. The number of nitrogens with zero attached hydrogens (tertiary/aromatic N) is 3. The molecule has 1 aromatic carbocycles. The highest BCUT2D eigenvalue weighted by molar-refractivity contribution is 7.99. The maximum Gasteiger partial charge on any atom is 0.224 e. The van der Waals surface area contributed by atoms with E-state index in [0.717, 1.165) is 5.56 Å². The van der Waals surface area contributed by atoms with Crippen molar-refractivity contribution in [3.05, 3.63) is 42.2 Å². The summed E-state index contributed by atoms with van der Waals surface area (Å²) in [6.45, 7) is 9.11. The van der Waals surface area contributed by atoms with Gasteiger partial charge < -0.3 is 5.32 Å². The van der Waals surface area contributed by atoms with Gasteiger partial charge >= 0.3 is 0 Å². The molecule has 0 fully saturated rings. The molecule has 0 aliphatic heterocycles. The minimum Gasteiger partial charge on any atom is -0.351 e. The number of rotatable bonds is 8. The van der Waals surface area contributed by atoms with E-state index in [-0.39, 0.29) is 11.9 Å². The quantitative estimate of drug-likeness (QED) is 0.746. The van der Waals surface area contributed by atoms with Crippen LogP contribution < -0.4 is 5.32 Å². The van der Waals surface area contributed by atoms with Gasteiger partial charge in [-0.15, -0.1) is 11.8 Å². The van der Waals surface area contributed by atoms with E-state index in [1.54, 1.807) is 17.2 Å². The van der Waals surface area contributed by atoms with Crippen LogP contribution in [0.2, 0.25) is 0 Å². The lowest BCUT2D eigenvalue weighted by Gasteiger charge is -2.22. The highest BCUT2D eigenvalue weighted by Crippen LogP contribution is 2.23. The first kappa shape index (κ1) is 18.5. The second-order valence-corrected chi connectivity index (χ2v) is 8.14. The van der Waals surface area contributed by atoms with Gasteiger partial charge in [0.25, 0.3) is 0 Å². The van der Waals surface area contributed by atoms with Crippen LogP contribution in [0.15, 0.2) is 41.6 Å². The number of nitrogens with one attached hydrogen (secondary N) is 1. The van der Waals surface area contributed by atoms with E-state index < -0.39 is 0 Å². The molecule has 2 rings (SSSR count). The van der Waals surface area contributed by atoms with Crippen molar-refractivity contribution in [3.8, 4) is 0 Å². The van der Waals surface area contributed by atoms with Gasteiger partial charge in [0.1, 0.15) is 0 Å². The van der Waals surface area contributed by atoms with Crippen molar-refractivity contribution in [3.63, 3.8) is 0 Å². The fourth-order valence-corrected chi connectivity index (χ4v) is 3.18. The first-order chi connectivity index (χ1) is 11.4. The number of aromatic nitrogens is 3. The molecule has 1 N–H and O–H groups in total. The molecule has 6 heteroatoms. The summed E-state index contributed by atoms with van der Waals surface area (Å²) >= 11 is 1.83. The number of carbonyl (C=O) groups excluding carboxylic acids is 1. The molecule has 5 nitrogen and oxygen atoms in total. The van der Waals surface area contributed by atoms with Crippen molar-refractivity contribution in [2.75, 3.05) is 0 Å². The molecule has 0 saturated heterocycles. The molecule has 24 heavy (non-hydrogen) atoms. The van der Waals surface area contributed by atoms with E-state index in [0.29, 0.717) is 24.1 Å². The normalized spacial score (nSPS) is 12.6. The summed E-state index contributed by atoms with van der Waals surface area (Å²) in [5.74, 6) is 0.342. The zero-order valence-electron chi connectivity index (χ0n) is 14.8. The van der Waals surface area contributed by atoms with Crippen molar-refractivity contribution in [1.82, 2.24) is 20.3 Å². The predicted octanol–water partition coefficient (Wildman–Crippen LogP) is 3.16. The van der Waals surface area contributed by atoms with E-state index in [1.807, 2.05) is 23.9 Å². The Labute approximate surface area is 148 Å². The van der Waals surface area contributed by atoms with Gasteiger partial charge in [-0.25, -0.2) is 0 Å². The van der Waals surface area contributed by atoms with Gasteiger partial charge in [-0.3, -0.25) is 4.79 Å². The van der Waals surface area contributed by atoms with Crippen LogP contribution >= 0.6 is 11.8 Å². The van der Waals surface area contributed by atoms with Gasteiger partial charge in [-0.2, -0.15) is 15.0 Å². The second kappa shape index (κ2) is 8.87. The summed E-state index contributed by atoms with van der Waals surface area (Å²) in [5, 5.41) is 11.9. The Morgan fingerprint density at radius 1 is 1.12 bits per heavy atom. The van der Waals surface area contributed by atoms with Crippen molar-refractivity contribution in [2.24, 2.45) is 5.92 Å². The van der Waals surface area contributed by atoms with Gasteiger partial charge in [0.05, 0.1) is 31.4 Å². The summed E-state index contributed by atoms with van der Waals surface area (Å²) in [4.78, 5) is 15.2. The highest BCUT2D eigenvalue weighted by Gasteiger charge is 2.17. The number of hydrogen-bond donors (Lipinski definition) is 1. The maximum absolute atomic E-state index is 12.4. The molecular weight excluding hydrogens is 320 g/mol. The third-order valence-corrected chi connectivity index (χ3v) is 4.65. The van der Waals surface area contributed by atoms with Gasteiger partial charge in [0.2, 0.25) is 5.91 Å². The summed E-state index contributed by atoms with van der Waals surface area (Å²) < 4.78 is 0. The molecule has 0 bridgehead atoms. The van der Waals surface area contributed by atoms with Crippen molar-refractivity contribution >= 4 is 17.7 Å². The molecule has 0 aliphatic carbocycles. The van der Waals surface area contributed by atoms with Crippen LogP contribution in [0, 0.1) is 5.92 Å². The zero-order chi connectivity index (χ0) is 17.5. The zero-order valence-corrected chi connectivity index (χ0v) is 15.6. The van der Waals surface area contributed by atoms with Gasteiger partial charge in [0, 0.05) is 10.1 Å². The Hall–Kier alpha value is -1.82. The first-order valence-electron chi connectivity index (χ1n) is 8.33. The summed E-state index contributed by atoms with van der Waals surface area (Å²) in [7, 11) is 0. The summed E-state index contributed by atoms with van der Waals surface area (Å²) in [5.41, 5.74) is 1.03. The summed E-state index contributed by atoms with van der Waals surface area (Å²) in [6.07, 6.45) is 3.69. The van der Waals surface area contributed by atoms with Crippen LogP contribution in [-0.4, -0.2) is 32.2 Å². The Morgan fingerprint density at radius 2 is 1.75 bits per heavy atom. The van der Waals surface area contributed by atoms with E-state index in [2.05, 4.69) is 55.3 Å². The lowest BCUT2D eigenvalue weighted by molar-refractivity contribution is -0.121. The van der Waals surface area contributed by atoms with Crippen molar-refractivity contribution in [1.29, 1.82) is 0 Å². The number of carbonyl (C=O) groups is 1. The average Bonchev–Trinajstić information content (AvgIpc) is 3.01. The summed E-state index contributed by atoms with van der Waals surface area (Å²) in [6, 6.07) is 8.25. The number of hydrogen-bond acceptors (Lipinski definition) is 4. The molecular formula is C18H26N4OS. The minimum absolute atomic E-state index is 0.0145. The number of benzene rings is 1. The van der Waals surface area contributed by atoms with Crippen molar-refractivity contribution in [2.45, 2.75) is 56.8 Å². The number of amides is 1. The fourth-order valence-electron chi connectivity index (χ4n) is 2.34. The third-order valence-electron chi connectivity index (χ3n) is 3.64. The van der Waals surface area contributed by atoms with Gasteiger partial charge in [-0.05, 0) is 23.6 Å². The average molecular weight is 347 g/mol. The molecule has 0 radical (unpaired) electrons. The van der Waals surface area contributed by atoms with Gasteiger partial charge in [-0.1, -0.05) is 39.8 Å². The smallest absolute Gasteiger partial charge is 0.224 e. The van der Waals surface area contributed by atoms with E-state index in [1.165, 1.54) is 4.90 Å². The Bertz CT molecular complexity index is 623. The van der Waals surface area contributed by atoms with Crippen LogP contribution in [0.4, 0.5) is 0 Å². The molecule has 2 aromatic rings. The highest BCUT2D eigenvalue weighted by atomic mass is 32.2. The topological polar surface area (TPSA) is 59.8 Å².